The minimum atomic E-state index is 0.267. The summed E-state index contributed by atoms with van der Waals surface area (Å²) in [4.78, 5) is 12.2. The number of carbonyl (C=O) groups excluding carboxylic acids is 1. The van der Waals surface area contributed by atoms with Crippen LogP contribution in [-0.4, -0.2) is 5.78 Å². The summed E-state index contributed by atoms with van der Waals surface area (Å²) in [6.45, 7) is 2.03. The van der Waals surface area contributed by atoms with Crippen molar-refractivity contribution in [2.75, 3.05) is 0 Å². The Balaban J connectivity index is 2.27. The average Bonchev–Trinajstić information content (AvgIpc) is 2.74. The highest BCUT2D eigenvalue weighted by atomic mass is 79.9. The maximum absolute atomic E-state index is 12.2. The standard InChI is InChI=1S/C13H15BrO/c1-9-6-7-12(14)11(8-9)13(15)10-4-2-3-5-10/h6-8,10H,2-5H2,1H3. The fourth-order valence-corrected chi connectivity index (χ4v) is 2.68. The number of carbonyl (C=O) groups is 1. The van der Waals surface area contributed by atoms with Crippen molar-refractivity contribution < 1.29 is 4.79 Å². The van der Waals surface area contributed by atoms with Crippen LogP contribution in [0.25, 0.3) is 0 Å². The predicted molar refractivity (Wildman–Crippen MR) is 65.2 cm³/mol. The number of halogens is 1. The van der Waals surface area contributed by atoms with Gasteiger partial charge >= 0.3 is 0 Å². The SMILES string of the molecule is Cc1ccc(Br)c(C(=O)C2CCCC2)c1. The maximum atomic E-state index is 12.2. The van der Waals surface area contributed by atoms with E-state index >= 15 is 0 Å². The Morgan fingerprint density at radius 1 is 1.33 bits per heavy atom. The molecule has 0 unspecified atom stereocenters. The van der Waals surface area contributed by atoms with Crippen molar-refractivity contribution in [2.45, 2.75) is 32.6 Å². The molecule has 2 rings (SSSR count). The first-order chi connectivity index (χ1) is 7.18. The Bertz CT molecular complexity index is 378. The Hall–Kier alpha value is -0.630. The molecule has 2 heteroatoms. The molecule has 1 aromatic carbocycles. The van der Waals surface area contributed by atoms with Gasteiger partial charge in [0, 0.05) is 16.0 Å². The van der Waals surface area contributed by atoms with Crippen LogP contribution in [0.2, 0.25) is 0 Å². The summed E-state index contributed by atoms with van der Waals surface area (Å²) in [6.07, 6.45) is 4.55. The predicted octanol–water partition coefficient (Wildman–Crippen LogP) is 4.13. The van der Waals surface area contributed by atoms with Gasteiger partial charge < -0.3 is 0 Å². The van der Waals surface area contributed by atoms with E-state index in [1.165, 1.54) is 12.8 Å². The zero-order chi connectivity index (χ0) is 10.8. The van der Waals surface area contributed by atoms with E-state index < -0.39 is 0 Å². The van der Waals surface area contributed by atoms with Gasteiger partial charge in [0.1, 0.15) is 0 Å². The highest BCUT2D eigenvalue weighted by Crippen LogP contribution is 2.30. The maximum Gasteiger partial charge on any atom is 0.167 e. The molecule has 1 nitrogen and oxygen atoms in total. The van der Waals surface area contributed by atoms with Crippen molar-refractivity contribution in [1.82, 2.24) is 0 Å². The number of ketones is 1. The number of Topliss-reactive ketones (excluding diaryl/α,β-unsaturated/α-hetero) is 1. The summed E-state index contributed by atoms with van der Waals surface area (Å²) in [5, 5.41) is 0. The number of hydrogen-bond donors (Lipinski definition) is 0. The quantitative estimate of drug-likeness (QED) is 0.736. The van der Waals surface area contributed by atoms with Crippen LogP contribution in [0.4, 0.5) is 0 Å². The third-order valence-corrected chi connectivity index (χ3v) is 3.80. The van der Waals surface area contributed by atoms with E-state index in [4.69, 9.17) is 0 Å². The van der Waals surface area contributed by atoms with E-state index in [2.05, 4.69) is 15.9 Å². The lowest BCUT2D eigenvalue weighted by molar-refractivity contribution is 0.0922. The lowest BCUT2D eigenvalue weighted by Gasteiger charge is -2.10. The molecule has 1 aromatic rings. The van der Waals surface area contributed by atoms with E-state index in [1.54, 1.807) is 0 Å². The summed E-state index contributed by atoms with van der Waals surface area (Å²) in [7, 11) is 0. The second-order valence-electron chi connectivity index (χ2n) is 4.33. The second kappa shape index (κ2) is 4.48. The lowest BCUT2D eigenvalue weighted by Crippen LogP contribution is -2.11. The van der Waals surface area contributed by atoms with Crippen molar-refractivity contribution in [3.63, 3.8) is 0 Å². The van der Waals surface area contributed by atoms with E-state index in [1.807, 2.05) is 25.1 Å². The van der Waals surface area contributed by atoms with Gasteiger partial charge in [-0.15, -0.1) is 0 Å². The van der Waals surface area contributed by atoms with Gasteiger partial charge in [-0.1, -0.05) is 40.4 Å². The molecule has 0 bridgehead atoms. The monoisotopic (exact) mass is 266 g/mol. The van der Waals surface area contributed by atoms with Gasteiger partial charge in [0.25, 0.3) is 0 Å². The van der Waals surface area contributed by atoms with E-state index in [-0.39, 0.29) is 5.92 Å². The number of aryl methyl sites for hydroxylation is 1. The van der Waals surface area contributed by atoms with Gasteiger partial charge in [-0.05, 0) is 31.9 Å². The van der Waals surface area contributed by atoms with Crippen molar-refractivity contribution in [3.8, 4) is 0 Å². The molecule has 0 spiro atoms. The minimum Gasteiger partial charge on any atom is -0.294 e. The fourth-order valence-electron chi connectivity index (χ4n) is 2.24. The molecular formula is C13H15BrO. The van der Waals surface area contributed by atoms with Gasteiger partial charge in [-0.25, -0.2) is 0 Å². The van der Waals surface area contributed by atoms with Crippen molar-refractivity contribution >= 4 is 21.7 Å². The van der Waals surface area contributed by atoms with E-state index in [0.717, 1.165) is 28.4 Å². The first-order valence-corrected chi connectivity index (χ1v) is 6.28. The van der Waals surface area contributed by atoms with Crippen molar-refractivity contribution in [1.29, 1.82) is 0 Å². The van der Waals surface area contributed by atoms with Crippen molar-refractivity contribution in [2.24, 2.45) is 5.92 Å². The Morgan fingerprint density at radius 3 is 2.67 bits per heavy atom. The molecule has 0 heterocycles. The molecular weight excluding hydrogens is 252 g/mol. The van der Waals surface area contributed by atoms with Gasteiger partial charge in [0.15, 0.2) is 5.78 Å². The number of rotatable bonds is 2. The van der Waals surface area contributed by atoms with Crippen LogP contribution in [0.5, 0.6) is 0 Å². The van der Waals surface area contributed by atoms with Crippen molar-refractivity contribution in [3.05, 3.63) is 33.8 Å². The van der Waals surface area contributed by atoms with Crippen LogP contribution in [0.3, 0.4) is 0 Å². The molecule has 0 N–H and O–H groups in total. The smallest absolute Gasteiger partial charge is 0.167 e. The zero-order valence-corrected chi connectivity index (χ0v) is 10.5. The molecule has 0 aliphatic heterocycles. The van der Waals surface area contributed by atoms with Crippen LogP contribution in [-0.2, 0) is 0 Å². The highest BCUT2D eigenvalue weighted by Gasteiger charge is 2.24. The van der Waals surface area contributed by atoms with E-state index in [9.17, 15) is 4.79 Å². The number of benzene rings is 1. The molecule has 0 amide bonds. The molecule has 15 heavy (non-hydrogen) atoms. The first-order valence-electron chi connectivity index (χ1n) is 5.49. The van der Waals surface area contributed by atoms with Gasteiger partial charge in [-0.2, -0.15) is 0 Å². The summed E-state index contributed by atoms with van der Waals surface area (Å²) in [5.74, 6) is 0.589. The van der Waals surface area contributed by atoms with Gasteiger partial charge in [0.2, 0.25) is 0 Å². The zero-order valence-electron chi connectivity index (χ0n) is 8.92. The third kappa shape index (κ3) is 2.31. The first kappa shape index (κ1) is 10.9. The summed E-state index contributed by atoms with van der Waals surface area (Å²) < 4.78 is 0.935. The molecule has 1 saturated carbocycles. The third-order valence-electron chi connectivity index (χ3n) is 3.11. The molecule has 1 fully saturated rings. The van der Waals surface area contributed by atoms with Gasteiger partial charge in [-0.3, -0.25) is 4.79 Å². The Labute approximate surface area is 99.0 Å². The topological polar surface area (TPSA) is 17.1 Å². The van der Waals surface area contributed by atoms with Crippen LogP contribution >= 0.6 is 15.9 Å². The Morgan fingerprint density at radius 2 is 2.00 bits per heavy atom. The summed E-state index contributed by atoms with van der Waals surface area (Å²) in [5.41, 5.74) is 2.02. The molecule has 0 radical (unpaired) electrons. The summed E-state index contributed by atoms with van der Waals surface area (Å²) >= 11 is 3.46. The van der Waals surface area contributed by atoms with Gasteiger partial charge in [0.05, 0.1) is 0 Å². The van der Waals surface area contributed by atoms with Crippen LogP contribution in [0.1, 0.15) is 41.6 Å². The molecule has 80 valence electrons. The molecule has 1 aliphatic rings. The highest BCUT2D eigenvalue weighted by molar-refractivity contribution is 9.10. The van der Waals surface area contributed by atoms with Crippen LogP contribution in [0, 0.1) is 12.8 Å². The molecule has 0 saturated heterocycles. The molecule has 0 aromatic heterocycles. The molecule has 1 aliphatic carbocycles. The van der Waals surface area contributed by atoms with Crippen LogP contribution in [0.15, 0.2) is 22.7 Å². The fraction of sp³-hybridized carbons (Fsp3) is 0.462. The Kier molecular flexibility index (Phi) is 3.25. The lowest BCUT2D eigenvalue weighted by atomic mass is 9.95. The molecule has 0 atom stereocenters. The summed E-state index contributed by atoms with van der Waals surface area (Å²) in [6, 6.07) is 5.98. The largest absolute Gasteiger partial charge is 0.294 e. The number of hydrogen-bond acceptors (Lipinski definition) is 1. The average molecular weight is 267 g/mol. The van der Waals surface area contributed by atoms with Crippen LogP contribution < -0.4 is 0 Å². The minimum absolute atomic E-state index is 0.267. The normalized spacial score (nSPS) is 16.9. The second-order valence-corrected chi connectivity index (χ2v) is 5.18. The van der Waals surface area contributed by atoms with E-state index in [0.29, 0.717) is 5.78 Å².